The van der Waals surface area contributed by atoms with Gasteiger partial charge in [-0.1, -0.05) is 35.3 Å². The van der Waals surface area contributed by atoms with Gasteiger partial charge in [-0.15, -0.1) is 0 Å². The van der Waals surface area contributed by atoms with Gasteiger partial charge in [-0.3, -0.25) is 4.79 Å². The molecule has 1 nitrogen and oxygen atoms in total. The highest BCUT2D eigenvalue weighted by Gasteiger charge is 2.18. The average Bonchev–Trinajstić information content (AvgIpc) is 2.35. The molecule has 0 saturated carbocycles. The molecule has 2 aromatic rings. The Bertz CT molecular complexity index is 575. The van der Waals surface area contributed by atoms with Gasteiger partial charge >= 0.3 is 0 Å². The largest absolute Gasteiger partial charge is 0.289 e. The van der Waals surface area contributed by atoms with Gasteiger partial charge in [-0.25, -0.2) is 4.39 Å². The van der Waals surface area contributed by atoms with Crippen LogP contribution in [0.25, 0.3) is 0 Å². The topological polar surface area (TPSA) is 17.1 Å². The molecule has 0 amide bonds. The smallest absolute Gasteiger partial charge is 0.195 e. The van der Waals surface area contributed by atoms with E-state index in [2.05, 4.69) is 15.9 Å². The number of carbonyl (C=O) groups is 1. The molecule has 0 atom stereocenters. The lowest BCUT2D eigenvalue weighted by Crippen LogP contribution is -2.04. The third-order valence-electron chi connectivity index (χ3n) is 2.39. The first kappa shape index (κ1) is 13.5. The van der Waals surface area contributed by atoms with Crippen molar-refractivity contribution in [3.63, 3.8) is 0 Å². The number of halogens is 4. The van der Waals surface area contributed by atoms with E-state index in [9.17, 15) is 9.18 Å². The zero-order valence-corrected chi connectivity index (χ0v) is 12.0. The third-order valence-corrected chi connectivity index (χ3v) is 4.02. The lowest BCUT2D eigenvalue weighted by atomic mass is 10.0. The molecule has 0 fully saturated rings. The highest BCUT2D eigenvalue weighted by molar-refractivity contribution is 9.10. The number of carbonyl (C=O) groups excluding carboxylic acids is 1. The van der Waals surface area contributed by atoms with Crippen molar-refractivity contribution in [2.24, 2.45) is 0 Å². The second kappa shape index (κ2) is 5.39. The maximum Gasteiger partial charge on any atom is 0.195 e. The van der Waals surface area contributed by atoms with Crippen molar-refractivity contribution in [1.29, 1.82) is 0 Å². The van der Waals surface area contributed by atoms with Crippen LogP contribution >= 0.6 is 39.1 Å². The Morgan fingerprint density at radius 3 is 2.39 bits per heavy atom. The van der Waals surface area contributed by atoms with Gasteiger partial charge in [0, 0.05) is 11.1 Å². The Morgan fingerprint density at radius 1 is 1.06 bits per heavy atom. The standard InChI is InChI=1S/C13H6BrCl2FO/c14-11-7(3-2-6-10(11)17)13(18)8-4-1-5-9(15)12(8)16/h1-6H. The molecule has 5 heteroatoms. The Morgan fingerprint density at radius 2 is 1.67 bits per heavy atom. The number of ketones is 1. The van der Waals surface area contributed by atoms with Crippen molar-refractivity contribution in [3.8, 4) is 0 Å². The van der Waals surface area contributed by atoms with Gasteiger partial charge in [0.1, 0.15) is 5.82 Å². The van der Waals surface area contributed by atoms with E-state index in [1.807, 2.05) is 0 Å². The highest BCUT2D eigenvalue weighted by atomic mass is 79.9. The fourth-order valence-electron chi connectivity index (χ4n) is 1.50. The molecular formula is C13H6BrCl2FO. The predicted octanol–water partition coefficient (Wildman–Crippen LogP) is 5.13. The van der Waals surface area contributed by atoms with Gasteiger partial charge in [0.15, 0.2) is 5.78 Å². The third kappa shape index (κ3) is 2.44. The minimum atomic E-state index is -0.501. The fourth-order valence-corrected chi connectivity index (χ4v) is 2.33. The summed E-state index contributed by atoms with van der Waals surface area (Å²) in [4.78, 5) is 12.3. The number of rotatable bonds is 2. The van der Waals surface area contributed by atoms with Crippen LogP contribution < -0.4 is 0 Å². The first-order chi connectivity index (χ1) is 8.52. The lowest BCUT2D eigenvalue weighted by molar-refractivity contribution is 0.103. The summed E-state index contributed by atoms with van der Waals surface area (Å²) < 4.78 is 13.5. The van der Waals surface area contributed by atoms with Crippen LogP contribution in [-0.4, -0.2) is 5.78 Å². The van der Waals surface area contributed by atoms with E-state index in [0.717, 1.165) is 0 Å². The van der Waals surface area contributed by atoms with Crippen LogP contribution in [0.3, 0.4) is 0 Å². The molecule has 0 spiro atoms. The van der Waals surface area contributed by atoms with Crippen molar-refractivity contribution in [3.05, 3.63) is 67.9 Å². The summed E-state index contributed by atoms with van der Waals surface area (Å²) >= 11 is 14.9. The van der Waals surface area contributed by atoms with Gasteiger partial charge in [-0.05, 0) is 40.2 Å². The molecule has 2 aromatic carbocycles. The van der Waals surface area contributed by atoms with E-state index in [1.54, 1.807) is 18.2 Å². The zero-order chi connectivity index (χ0) is 13.3. The van der Waals surface area contributed by atoms with Crippen LogP contribution in [-0.2, 0) is 0 Å². The Labute approximate surface area is 122 Å². The number of benzene rings is 2. The minimum Gasteiger partial charge on any atom is -0.289 e. The second-order valence-corrected chi connectivity index (χ2v) is 5.11. The first-order valence-corrected chi connectivity index (χ1v) is 6.50. The molecule has 0 bridgehead atoms. The predicted molar refractivity (Wildman–Crippen MR) is 74.0 cm³/mol. The van der Waals surface area contributed by atoms with Gasteiger partial charge in [0.2, 0.25) is 0 Å². The van der Waals surface area contributed by atoms with E-state index in [0.29, 0.717) is 0 Å². The number of hydrogen-bond acceptors (Lipinski definition) is 1. The average molecular weight is 348 g/mol. The first-order valence-electron chi connectivity index (χ1n) is 4.95. The molecule has 0 radical (unpaired) electrons. The van der Waals surface area contributed by atoms with Crippen molar-refractivity contribution >= 4 is 44.9 Å². The molecule has 0 aliphatic heterocycles. The molecule has 92 valence electrons. The maximum absolute atomic E-state index is 13.4. The van der Waals surface area contributed by atoms with E-state index >= 15 is 0 Å². The second-order valence-electron chi connectivity index (χ2n) is 3.53. The molecule has 0 N–H and O–H groups in total. The summed E-state index contributed by atoms with van der Waals surface area (Å²) in [7, 11) is 0. The van der Waals surface area contributed by atoms with E-state index in [1.165, 1.54) is 18.2 Å². The van der Waals surface area contributed by atoms with Crippen molar-refractivity contribution in [2.75, 3.05) is 0 Å². The summed E-state index contributed by atoms with van der Waals surface area (Å²) in [5, 5.41) is 0.454. The summed E-state index contributed by atoms with van der Waals surface area (Å²) in [5.74, 6) is -0.882. The number of hydrogen-bond donors (Lipinski definition) is 0. The van der Waals surface area contributed by atoms with Gasteiger partial charge in [0.05, 0.1) is 14.5 Å². The molecule has 0 aromatic heterocycles. The summed E-state index contributed by atoms with van der Waals surface area (Å²) in [6.45, 7) is 0. The molecular weight excluding hydrogens is 342 g/mol. The summed E-state index contributed by atoms with van der Waals surface area (Å²) in [6.07, 6.45) is 0. The highest BCUT2D eigenvalue weighted by Crippen LogP contribution is 2.30. The molecule has 0 unspecified atom stereocenters. The van der Waals surface area contributed by atoms with Crippen LogP contribution in [0.4, 0.5) is 4.39 Å². The minimum absolute atomic E-state index is 0.117. The van der Waals surface area contributed by atoms with Crippen molar-refractivity contribution < 1.29 is 9.18 Å². The van der Waals surface area contributed by atoms with E-state index < -0.39 is 5.82 Å². The van der Waals surface area contributed by atoms with Crippen molar-refractivity contribution in [2.45, 2.75) is 0 Å². The van der Waals surface area contributed by atoms with Crippen LogP contribution in [0, 0.1) is 5.82 Å². The Hall–Kier alpha value is -0.900. The molecule has 0 saturated heterocycles. The molecule has 0 aliphatic carbocycles. The SMILES string of the molecule is O=C(c1cccc(Cl)c1Cl)c1cccc(F)c1Br. The normalized spacial score (nSPS) is 10.4. The monoisotopic (exact) mass is 346 g/mol. The quantitative estimate of drug-likeness (QED) is 0.688. The molecule has 18 heavy (non-hydrogen) atoms. The van der Waals surface area contributed by atoms with Crippen LogP contribution in [0.1, 0.15) is 15.9 Å². The van der Waals surface area contributed by atoms with Gasteiger partial charge in [0.25, 0.3) is 0 Å². The van der Waals surface area contributed by atoms with Gasteiger partial charge < -0.3 is 0 Å². The molecule has 2 rings (SSSR count). The van der Waals surface area contributed by atoms with E-state index in [4.69, 9.17) is 23.2 Å². The Kier molecular flexibility index (Phi) is 4.05. The Balaban J connectivity index is 2.55. The summed E-state index contributed by atoms with van der Waals surface area (Å²) in [5.41, 5.74) is 0.453. The van der Waals surface area contributed by atoms with E-state index in [-0.39, 0.29) is 31.4 Å². The lowest BCUT2D eigenvalue weighted by Gasteiger charge is -2.07. The van der Waals surface area contributed by atoms with Crippen LogP contribution in [0.5, 0.6) is 0 Å². The van der Waals surface area contributed by atoms with Gasteiger partial charge in [-0.2, -0.15) is 0 Å². The van der Waals surface area contributed by atoms with Crippen molar-refractivity contribution in [1.82, 2.24) is 0 Å². The maximum atomic E-state index is 13.4. The van der Waals surface area contributed by atoms with Crippen LogP contribution in [0.2, 0.25) is 10.0 Å². The molecule has 0 heterocycles. The summed E-state index contributed by atoms with van der Waals surface area (Å²) in [6, 6.07) is 9.00. The molecule has 0 aliphatic rings. The van der Waals surface area contributed by atoms with Crippen LogP contribution in [0.15, 0.2) is 40.9 Å². The zero-order valence-electron chi connectivity index (χ0n) is 8.88. The fraction of sp³-hybridized carbons (Fsp3) is 0.